The molecule has 15 nitrogen and oxygen atoms in total. The molecule has 20 heteroatoms. The lowest BCUT2D eigenvalue weighted by molar-refractivity contribution is 0.413. The third-order valence-electron chi connectivity index (χ3n) is 11.4. The number of nitrogens with zero attached hydrogens (tertiary/aromatic N) is 8. The lowest BCUT2D eigenvalue weighted by atomic mass is 9.98. The first-order chi connectivity index (χ1) is 36.3. The number of aromatic nitrogens is 2. The van der Waals surface area contributed by atoms with Crippen LogP contribution in [0.15, 0.2) is 142 Å². The van der Waals surface area contributed by atoms with E-state index in [0.717, 1.165) is 44.8 Å². The van der Waals surface area contributed by atoms with Crippen molar-refractivity contribution in [1.29, 1.82) is 15.8 Å². The topological polar surface area (TPSA) is 204 Å². The molecule has 0 unspecified atom stereocenters. The molecule has 0 amide bonds. The van der Waals surface area contributed by atoms with Crippen LogP contribution in [-0.4, -0.2) is 84.2 Å². The van der Waals surface area contributed by atoms with E-state index >= 15 is 0 Å². The molecule has 3 aliphatic heterocycles. The van der Waals surface area contributed by atoms with Crippen molar-refractivity contribution in [3.05, 3.63) is 192 Å². The fraction of sp³-hybridized carbons (Fsp3) is 0.109. The van der Waals surface area contributed by atoms with E-state index in [1.807, 2.05) is 91.9 Å². The number of ether oxygens (including phenoxy) is 3. The van der Waals surface area contributed by atoms with Gasteiger partial charge in [0.25, 0.3) is 0 Å². The summed E-state index contributed by atoms with van der Waals surface area (Å²) >= 11 is 30.0. The Morgan fingerprint density at radius 2 is 1.00 bits per heavy atom. The van der Waals surface area contributed by atoms with Crippen LogP contribution >= 0.6 is 59.2 Å². The number of nitriles is 3. The van der Waals surface area contributed by atoms with E-state index in [4.69, 9.17) is 83.4 Å². The van der Waals surface area contributed by atoms with Gasteiger partial charge in [-0.2, -0.15) is 20.9 Å². The first-order valence-electron chi connectivity index (χ1n) is 22.4. The van der Waals surface area contributed by atoms with E-state index in [1.54, 1.807) is 48.7 Å². The zero-order valence-electron chi connectivity index (χ0n) is 40.5. The van der Waals surface area contributed by atoms with Crippen LogP contribution in [0, 0.1) is 34.0 Å². The van der Waals surface area contributed by atoms with E-state index in [-0.39, 0.29) is 0 Å². The van der Waals surface area contributed by atoms with Crippen molar-refractivity contribution in [3.63, 3.8) is 0 Å². The van der Waals surface area contributed by atoms with Crippen LogP contribution < -0.4 is 30.2 Å². The molecule has 0 saturated heterocycles. The molecule has 1 aromatic heterocycles. The molecule has 0 bridgehead atoms. The van der Waals surface area contributed by atoms with Crippen molar-refractivity contribution in [2.75, 3.05) is 57.9 Å². The average molecular weight is 1090 g/mol. The molecule has 4 heterocycles. The quantitative estimate of drug-likeness (QED) is 0.0867. The maximum Gasteiger partial charge on any atom is 0.152 e. The second-order valence-electron chi connectivity index (χ2n) is 16.4. The molecular weight excluding hydrogens is 1050 g/mol. The number of benzene rings is 6. The Morgan fingerprint density at radius 3 is 1.45 bits per heavy atom. The van der Waals surface area contributed by atoms with Gasteiger partial charge in [0.05, 0.1) is 85.0 Å². The highest BCUT2D eigenvalue weighted by molar-refractivity contribution is 7.81. The number of halogens is 3. The van der Waals surface area contributed by atoms with Crippen LogP contribution in [0.25, 0.3) is 0 Å². The summed E-state index contributed by atoms with van der Waals surface area (Å²) in [6, 6.07) is 39.4. The Balaban J connectivity index is 0.000000150. The highest BCUT2D eigenvalue weighted by Gasteiger charge is 2.26. The van der Waals surface area contributed by atoms with Gasteiger partial charge in [0.2, 0.25) is 0 Å². The molecule has 0 fully saturated rings. The lowest BCUT2D eigenvalue weighted by Gasteiger charge is -2.14. The molecule has 0 spiro atoms. The van der Waals surface area contributed by atoms with Crippen molar-refractivity contribution in [1.82, 2.24) is 15.1 Å². The van der Waals surface area contributed by atoms with Gasteiger partial charge in [0, 0.05) is 86.9 Å². The third-order valence-corrected chi connectivity index (χ3v) is 12.9. The summed E-state index contributed by atoms with van der Waals surface area (Å²) in [6.45, 7) is 0.356. The minimum absolute atomic E-state index is 0.356. The summed E-state index contributed by atoms with van der Waals surface area (Å²) in [5.74, 6) is 2.09. The Hall–Kier alpha value is -8.60. The molecule has 4 N–H and O–H groups in total. The molecule has 6 aromatic carbocycles. The van der Waals surface area contributed by atoms with Crippen molar-refractivity contribution in [2.24, 2.45) is 15.0 Å². The van der Waals surface area contributed by atoms with Gasteiger partial charge in [0.15, 0.2) is 5.82 Å². The number of aliphatic imine (C=N–C) groups is 3. The standard InChI is InChI=1S/C20H17ClN4OS.C18H12ClN5O.C17H12ClN3OS/c1-25(2)11-17-20(27)24-16-9-18(26-3)12(10-22)8-14(16)19(23-17)13-6-4-5-7-15(13)21;1-25-16-7-14-12(6-10(16)8-20)17(11-4-2-3-5-13(11)19)22-15-9-21-24-18(15)23-14;1-22-15-7-14-12(6-10(15)8-19)17(20-9-16(23)21-14)11-4-2-3-5-13(11)18/h4-9,11H,1-3H3,(H,24,27);2-7,9H,1H3,(H2,21,23,24);2-7H,9H2,1H3,(H,21,23)/b17-11-;;. The van der Waals surface area contributed by atoms with Gasteiger partial charge in [0.1, 0.15) is 56.8 Å². The molecule has 0 radical (unpaired) electrons. The molecule has 0 saturated carbocycles. The van der Waals surface area contributed by atoms with E-state index in [2.05, 4.69) is 49.3 Å². The first kappa shape index (κ1) is 52.7. The Kier molecular flexibility index (Phi) is 16.5. The zero-order valence-corrected chi connectivity index (χ0v) is 44.4. The van der Waals surface area contributed by atoms with Crippen LogP contribution in [0.1, 0.15) is 50.1 Å². The molecule has 75 heavy (non-hydrogen) atoms. The Labute approximate surface area is 458 Å². The van der Waals surface area contributed by atoms with Crippen LogP contribution in [0.4, 0.5) is 28.6 Å². The van der Waals surface area contributed by atoms with Gasteiger partial charge in [-0.1, -0.05) is 114 Å². The molecule has 3 aliphatic rings. The van der Waals surface area contributed by atoms with Crippen LogP contribution in [-0.2, 0) is 0 Å². The number of H-pyrrole nitrogens is 1. The van der Waals surface area contributed by atoms with Crippen LogP contribution in [0.2, 0.25) is 15.1 Å². The number of nitrogens with one attached hydrogen (secondary N) is 4. The number of thiocarbonyl (C=S) groups is 2. The number of benzodiazepines with no additional fused rings is 2. The van der Waals surface area contributed by atoms with Crippen LogP contribution in [0.3, 0.4) is 0 Å². The molecule has 372 valence electrons. The molecule has 7 aromatic rings. The van der Waals surface area contributed by atoms with Crippen molar-refractivity contribution in [3.8, 4) is 35.5 Å². The minimum Gasteiger partial charge on any atom is -0.495 e. The number of hydrogen-bond acceptors (Lipinski definition) is 14. The summed E-state index contributed by atoms with van der Waals surface area (Å²) < 4.78 is 15.9. The van der Waals surface area contributed by atoms with E-state index in [0.29, 0.717) is 106 Å². The fourth-order valence-electron chi connectivity index (χ4n) is 7.95. The fourth-order valence-corrected chi connectivity index (χ4v) is 9.01. The van der Waals surface area contributed by atoms with E-state index in [1.165, 1.54) is 21.3 Å². The largest absolute Gasteiger partial charge is 0.495 e. The lowest BCUT2D eigenvalue weighted by Crippen LogP contribution is -2.13. The summed E-state index contributed by atoms with van der Waals surface area (Å²) in [4.78, 5) is 17.0. The Bertz CT molecular complexity index is 3700. The van der Waals surface area contributed by atoms with Crippen LogP contribution in [0.5, 0.6) is 17.2 Å². The minimum atomic E-state index is 0.356. The SMILES string of the molecule is COc1cc2c(cc1C#N)C(c1ccccc1Cl)=N/C(=C\N(C)C)C(=S)N2.COc1cc2c(cc1C#N)C(c1ccccc1Cl)=NCC(=S)N2.COc1cc2c(cc1C#N)C(c1ccccc1Cl)=Nc1cn[nH]c1N2. The molecule has 0 atom stereocenters. The monoisotopic (exact) mass is 1090 g/mol. The normalized spacial score (nSPS) is 13.3. The highest BCUT2D eigenvalue weighted by Crippen LogP contribution is 2.39. The summed E-state index contributed by atoms with van der Waals surface area (Å²) in [5.41, 5.74) is 11.3. The first-order valence-corrected chi connectivity index (χ1v) is 24.4. The zero-order chi connectivity index (χ0) is 53.3. The smallest absolute Gasteiger partial charge is 0.152 e. The van der Waals surface area contributed by atoms with Gasteiger partial charge in [-0.3, -0.25) is 10.1 Å². The van der Waals surface area contributed by atoms with Crippen molar-refractivity contribution < 1.29 is 14.2 Å². The van der Waals surface area contributed by atoms with Gasteiger partial charge >= 0.3 is 0 Å². The maximum absolute atomic E-state index is 9.50. The Morgan fingerprint density at radius 1 is 0.573 bits per heavy atom. The maximum atomic E-state index is 9.50. The van der Waals surface area contributed by atoms with Crippen molar-refractivity contribution >= 4 is 115 Å². The predicted octanol–water partition coefficient (Wildman–Crippen LogP) is 12.2. The number of methoxy groups -OCH3 is 3. The molecule has 0 aliphatic carbocycles. The number of fused-ring (bicyclic) bond motifs is 4. The van der Waals surface area contributed by atoms with E-state index in [9.17, 15) is 15.8 Å². The summed E-state index contributed by atoms with van der Waals surface area (Å²) in [5, 5.41) is 46.6. The predicted molar refractivity (Wildman–Crippen MR) is 305 cm³/mol. The number of rotatable bonds is 7. The van der Waals surface area contributed by atoms with Gasteiger partial charge in [-0.05, 0) is 36.4 Å². The highest BCUT2D eigenvalue weighted by atomic mass is 35.5. The number of aromatic amines is 1. The van der Waals surface area contributed by atoms with Crippen molar-refractivity contribution in [2.45, 2.75) is 0 Å². The number of hydrogen-bond donors (Lipinski definition) is 4. The third kappa shape index (κ3) is 11.5. The molecule has 10 rings (SSSR count). The van der Waals surface area contributed by atoms with Gasteiger partial charge in [-0.25, -0.2) is 9.98 Å². The van der Waals surface area contributed by atoms with Gasteiger partial charge < -0.3 is 35.1 Å². The van der Waals surface area contributed by atoms with E-state index < -0.39 is 0 Å². The summed E-state index contributed by atoms with van der Waals surface area (Å²) in [6.07, 6.45) is 3.47. The van der Waals surface area contributed by atoms with Gasteiger partial charge in [-0.15, -0.1) is 0 Å². The summed E-state index contributed by atoms with van der Waals surface area (Å²) in [7, 11) is 8.38. The average Bonchev–Trinajstić information content (AvgIpc) is 3.64. The number of anilines is 4. The second-order valence-corrected chi connectivity index (χ2v) is 18.5. The second kappa shape index (κ2) is 23.5. The molecular formula is C55H41Cl3N12O3S2.